The quantitative estimate of drug-likeness (QED) is 0.788. The van der Waals surface area contributed by atoms with Crippen molar-refractivity contribution in [3.8, 4) is 5.75 Å². The number of amides is 1. The summed E-state index contributed by atoms with van der Waals surface area (Å²) in [6.07, 6.45) is 0.621. The zero-order valence-electron chi connectivity index (χ0n) is 13.9. The molecule has 0 unspecified atom stereocenters. The van der Waals surface area contributed by atoms with Crippen LogP contribution in [0.4, 0.5) is 10.1 Å². The van der Waals surface area contributed by atoms with Crippen molar-refractivity contribution in [2.24, 2.45) is 0 Å². The maximum Gasteiger partial charge on any atom is 0.240 e. The summed E-state index contributed by atoms with van der Waals surface area (Å²) in [7, 11) is -0.764. The summed E-state index contributed by atoms with van der Waals surface area (Å²) in [4.78, 5) is 12.1. The van der Waals surface area contributed by atoms with Gasteiger partial charge in [0.15, 0.2) is 11.6 Å². The fraction of sp³-hybridized carbons (Fsp3) is 0.235. The second kappa shape index (κ2) is 8.09. The maximum absolute atomic E-state index is 13.6. The van der Waals surface area contributed by atoms with Crippen molar-refractivity contribution in [1.29, 1.82) is 0 Å². The molecule has 0 aliphatic heterocycles. The third kappa shape index (κ3) is 5.01. The van der Waals surface area contributed by atoms with Gasteiger partial charge in [-0.15, -0.1) is 0 Å². The van der Waals surface area contributed by atoms with Crippen LogP contribution in [0.5, 0.6) is 5.75 Å². The number of ether oxygens (including phenoxy) is 1. The molecule has 2 rings (SSSR count). The number of halogens is 1. The summed E-state index contributed by atoms with van der Waals surface area (Å²) in [6.45, 7) is 0. The summed E-state index contributed by atoms with van der Waals surface area (Å²) in [5.74, 6) is -0.715. The topological polar surface area (TPSA) is 84.5 Å². The molecule has 134 valence electrons. The van der Waals surface area contributed by atoms with Crippen molar-refractivity contribution in [3.05, 3.63) is 53.8 Å². The van der Waals surface area contributed by atoms with Gasteiger partial charge >= 0.3 is 0 Å². The minimum Gasteiger partial charge on any atom is -0.494 e. The first kappa shape index (κ1) is 18.9. The molecule has 0 atom stereocenters. The van der Waals surface area contributed by atoms with Gasteiger partial charge in [-0.2, -0.15) is 0 Å². The number of sulfonamides is 1. The number of aryl methyl sites for hydroxylation is 1. The minimum atomic E-state index is -3.47. The number of rotatable bonds is 7. The SMILES string of the molecule is CNS(=O)(=O)c1ccc(CCC(=O)Nc2ccc(OC)c(F)c2)cc1. The van der Waals surface area contributed by atoms with E-state index in [-0.39, 0.29) is 23.0 Å². The molecule has 1 amide bonds. The predicted molar refractivity (Wildman–Crippen MR) is 92.6 cm³/mol. The van der Waals surface area contributed by atoms with E-state index in [0.717, 1.165) is 5.56 Å². The van der Waals surface area contributed by atoms with Gasteiger partial charge in [0.1, 0.15) is 0 Å². The standard InChI is InChI=1S/C17H19FN2O4S/c1-19-25(22,23)14-7-3-12(4-8-14)5-10-17(21)20-13-6-9-16(24-2)15(18)11-13/h3-4,6-9,11,19H,5,10H2,1-2H3,(H,20,21). The van der Waals surface area contributed by atoms with Crippen LogP contribution in [0.15, 0.2) is 47.4 Å². The van der Waals surface area contributed by atoms with E-state index in [0.29, 0.717) is 12.1 Å². The van der Waals surface area contributed by atoms with E-state index in [9.17, 15) is 17.6 Å². The van der Waals surface area contributed by atoms with Crippen molar-refractivity contribution in [3.63, 3.8) is 0 Å². The molecule has 6 nitrogen and oxygen atoms in total. The van der Waals surface area contributed by atoms with E-state index < -0.39 is 15.8 Å². The van der Waals surface area contributed by atoms with Crippen molar-refractivity contribution in [1.82, 2.24) is 4.72 Å². The van der Waals surface area contributed by atoms with Crippen molar-refractivity contribution in [2.45, 2.75) is 17.7 Å². The summed E-state index contributed by atoms with van der Waals surface area (Å²) in [5, 5.41) is 2.61. The number of carbonyl (C=O) groups is 1. The number of hydrogen-bond acceptors (Lipinski definition) is 4. The van der Waals surface area contributed by atoms with Crippen LogP contribution in [0, 0.1) is 5.82 Å². The Balaban J connectivity index is 1.93. The highest BCUT2D eigenvalue weighted by Gasteiger charge is 2.11. The second-order valence-electron chi connectivity index (χ2n) is 5.25. The molecule has 2 N–H and O–H groups in total. The third-order valence-electron chi connectivity index (χ3n) is 3.58. The lowest BCUT2D eigenvalue weighted by Gasteiger charge is -2.08. The third-order valence-corrected chi connectivity index (χ3v) is 5.01. The van der Waals surface area contributed by atoms with Crippen LogP contribution in [-0.4, -0.2) is 28.5 Å². The van der Waals surface area contributed by atoms with Crippen LogP contribution in [0.2, 0.25) is 0 Å². The van der Waals surface area contributed by atoms with Gasteiger partial charge in [-0.1, -0.05) is 12.1 Å². The highest BCUT2D eigenvalue weighted by Crippen LogP contribution is 2.21. The molecular weight excluding hydrogens is 347 g/mol. The van der Waals surface area contributed by atoms with Gasteiger partial charge < -0.3 is 10.1 Å². The van der Waals surface area contributed by atoms with Crippen LogP contribution in [0.3, 0.4) is 0 Å². The van der Waals surface area contributed by atoms with E-state index in [1.54, 1.807) is 18.2 Å². The molecule has 25 heavy (non-hydrogen) atoms. The summed E-state index contributed by atoms with van der Waals surface area (Å²) < 4.78 is 43.9. The van der Waals surface area contributed by atoms with Crippen molar-refractivity contribution < 1.29 is 22.3 Å². The van der Waals surface area contributed by atoms with E-state index >= 15 is 0 Å². The summed E-state index contributed by atoms with van der Waals surface area (Å²) in [5.41, 5.74) is 1.17. The molecular formula is C17H19FN2O4S. The molecule has 0 bridgehead atoms. The Morgan fingerprint density at radius 3 is 2.40 bits per heavy atom. The lowest BCUT2D eigenvalue weighted by Crippen LogP contribution is -2.18. The molecule has 0 spiro atoms. The Kier molecular flexibility index (Phi) is 6.11. The average Bonchev–Trinajstić information content (AvgIpc) is 2.60. The molecule has 0 aliphatic rings. The van der Waals surface area contributed by atoms with Crippen LogP contribution >= 0.6 is 0 Å². The van der Waals surface area contributed by atoms with Gasteiger partial charge in [-0.25, -0.2) is 17.5 Å². The second-order valence-corrected chi connectivity index (χ2v) is 7.14. The molecule has 0 heterocycles. The first-order valence-corrected chi connectivity index (χ1v) is 9.00. The van der Waals surface area contributed by atoms with Gasteiger partial charge in [0.2, 0.25) is 15.9 Å². The van der Waals surface area contributed by atoms with E-state index in [1.165, 1.54) is 38.4 Å². The number of hydrogen-bond donors (Lipinski definition) is 2. The van der Waals surface area contributed by atoms with Crippen LogP contribution < -0.4 is 14.8 Å². The predicted octanol–water partition coefficient (Wildman–Crippen LogP) is 2.31. The van der Waals surface area contributed by atoms with Gasteiger partial charge in [-0.3, -0.25) is 4.79 Å². The molecule has 8 heteroatoms. The number of benzene rings is 2. The Labute approximate surface area is 146 Å². The zero-order chi connectivity index (χ0) is 18.4. The highest BCUT2D eigenvalue weighted by molar-refractivity contribution is 7.89. The fourth-order valence-electron chi connectivity index (χ4n) is 2.18. The lowest BCUT2D eigenvalue weighted by atomic mass is 10.1. The fourth-order valence-corrected chi connectivity index (χ4v) is 2.91. The molecule has 0 saturated heterocycles. The Bertz CT molecular complexity index is 851. The van der Waals surface area contributed by atoms with Crippen LogP contribution in [-0.2, 0) is 21.2 Å². The molecule has 0 fully saturated rings. The molecule has 2 aromatic carbocycles. The van der Waals surface area contributed by atoms with E-state index in [4.69, 9.17) is 4.74 Å². The lowest BCUT2D eigenvalue weighted by molar-refractivity contribution is -0.116. The van der Waals surface area contributed by atoms with Gasteiger partial charge in [-0.05, 0) is 43.3 Å². The Morgan fingerprint density at radius 2 is 1.84 bits per heavy atom. The minimum absolute atomic E-state index is 0.106. The molecule has 2 aromatic rings. The number of nitrogens with one attached hydrogen (secondary N) is 2. The monoisotopic (exact) mass is 366 g/mol. The number of methoxy groups -OCH3 is 1. The first-order chi connectivity index (χ1) is 11.9. The van der Waals surface area contributed by atoms with E-state index in [1.807, 2.05) is 0 Å². The molecule has 0 saturated carbocycles. The van der Waals surface area contributed by atoms with E-state index in [2.05, 4.69) is 10.0 Å². The number of anilines is 1. The molecule has 0 radical (unpaired) electrons. The number of carbonyl (C=O) groups excluding carboxylic acids is 1. The summed E-state index contributed by atoms with van der Waals surface area (Å²) >= 11 is 0. The maximum atomic E-state index is 13.6. The smallest absolute Gasteiger partial charge is 0.240 e. The first-order valence-electron chi connectivity index (χ1n) is 7.51. The Hall–Kier alpha value is -2.45. The van der Waals surface area contributed by atoms with Crippen LogP contribution in [0.25, 0.3) is 0 Å². The van der Waals surface area contributed by atoms with Crippen molar-refractivity contribution in [2.75, 3.05) is 19.5 Å². The van der Waals surface area contributed by atoms with Gasteiger partial charge in [0, 0.05) is 18.2 Å². The van der Waals surface area contributed by atoms with Gasteiger partial charge in [0.05, 0.1) is 12.0 Å². The largest absolute Gasteiger partial charge is 0.494 e. The average molecular weight is 366 g/mol. The Morgan fingerprint density at radius 1 is 1.16 bits per heavy atom. The summed E-state index contributed by atoms with van der Waals surface area (Å²) in [6, 6.07) is 10.5. The van der Waals surface area contributed by atoms with Crippen LogP contribution in [0.1, 0.15) is 12.0 Å². The van der Waals surface area contributed by atoms with Gasteiger partial charge in [0.25, 0.3) is 0 Å². The molecule has 0 aliphatic carbocycles. The zero-order valence-corrected chi connectivity index (χ0v) is 14.7. The van der Waals surface area contributed by atoms with Crippen molar-refractivity contribution >= 4 is 21.6 Å². The molecule has 0 aromatic heterocycles. The normalized spacial score (nSPS) is 11.2. The highest BCUT2D eigenvalue weighted by atomic mass is 32.2.